The molecule has 4 nitrogen and oxygen atoms in total. The fourth-order valence-corrected chi connectivity index (χ4v) is 2.89. The van der Waals surface area contributed by atoms with Crippen molar-refractivity contribution in [3.8, 4) is 0 Å². The van der Waals surface area contributed by atoms with Crippen molar-refractivity contribution in [1.82, 2.24) is 5.32 Å². The summed E-state index contributed by atoms with van der Waals surface area (Å²) in [5.41, 5.74) is 1.60. The van der Waals surface area contributed by atoms with Crippen molar-refractivity contribution in [2.24, 2.45) is 5.41 Å². The maximum atomic E-state index is 10.9. The van der Waals surface area contributed by atoms with Gasteiger partial charge in [-0.1, -0.05) is 19.4 Å². The molecular weight excluding hydrogens is 308 g/mol. The van der Waals surface area contributed by atoms with E-state index in [1.54, 1.807) is 12.1 Å². The molecule has 0 bridgehead atoms. The van der Waals surface area contributed by atoms with E-state index in [1.807, 2.05) is 6.07 Å². The van der Waals surface area contributed by atoms with Crippen LogP contribution in [0.25, 0.3) is 0 Å². The van der Waals surface area contributed by atoms with Crippen LogP contribution in [0.3, 0.4) is 0 Å². The minimum absolute atomic E-state index is 0.133. The Labute approximate surface area is 121 Å². The first kappa shape index (κ1) is 14.5. The van der Waals surface area contributed by atoms with Gasteiger partial charge in [-0.15, -0.1) is 0 Å². The van der Waals surface area contributed by atoms with Crippen molar-refractivity contribution in [1.29, 1.82) is 0 Å². The molecule has 1 fully saturated rings. The Balaban J connectivity index is 1.90. The van der Waals surface area contributed by atoms with Gasteiger partial charge in [0.1, 0.15) is 0 Å². The van der Waals surface area contributed by atoms with Gasteiger partial charge in [0.15, 0.2) is 0 Å². The smallest absolute Gasteiger partial charge is 0.283 e. The van der Waals surface area contributed by atoms with Crippen molar-refractivity contribution in [2.45, 2.75) is 39.2 Å². The summed E-state index contributed by atoms with van der Waals surface area (Å²) in [5.74, 6) is 0. The molecule has 1 aromatic carbocycles. The molecule has 1 aliphatic rings. The van der Waals surface area contributed by atoms with Crippen LogP contribution < -0.4 is 5.32 Å². The summed E-state index contributed by atoms with van der Waals surface area (Å²) in [6.07, 6.45) is 5.13. The SMILES string of the molecule is CCCC1(CNCc2ccc(Br)c([N+](=O)[O-])c2)CC1. The van der Waals surface area contributed by atoms with Gasteiger partial charge in [0.25, 0.3) is 5.69 Å². The number of nitrogens with one attached hydrogen (secondary N) is 1. The van der Waals surface area contributed by atoms with Gasteiger partial charge in [0.05, 0.1) is 9.40 Å². The van der Waals surface area contributed by atoms with Gasteiger partial charge in [0, 0.05) is 19.2 Å². The van der Waals surface area contributed by atoms with Crippen LogP contribution >= 0.6 is 15.9 Å². The fourth-order valence-electron chi connectivity index (χ4n) is 2.50. The van der Waals surface area contributed by atoms with E-state index in [9.17, 15) is 10.1 Å². The van der Waals surface area contributed by atoms with Crippen molar-refractivity contribution >= 4 is 21.6 Å². The van der Waals surface area contributed by atoms with E-state index in [0.717, 1.165) is 12.1 Å². The summed E-state index contributed by atoms with van der Waals surface area (Å²) in [4.78, 5) is 10.5. The molecule has 0 spiro atoms. The van der Waals surface area contributed by atoms with Crippen LogP contribution in [0.2, 0.25) is 0 Å². The normalized spacial score (nSPS) is 16.3. The average molecular weight is 327 g/mol. The topological polar surface area (TPSA) is 55.2 Å². The van der Waals surface area contributed by atoms with Gasteiger partial charge in [-0.2, -0.15) is 0 Å². The summed E-state index contributed by atoms with van der Waals surface area (Å²) in [5, 5.41) is 14.3. The van der Waals surface area contributed by atoms with Crippen LogP contribution in [-0.4, -0.2) is 11.5 Å². The largest absolute Gasteiger partial charge is 0.312 e. The molecule has 2 rings (SSSR count). The molecule has 104 valence electrons. The molecule has 1 aliphatic carbocycles. The Kier molecular flexibility index (Phi) is 4.58. The van der Waals surface area contributed by atoms with E-state index in [1.165, 1.54) is 25.7 Å². The van der Waals surface area contributed by atoms with Crippen LogP contribution in [0, 0.1) is 15.5 Å². The minimum Gasteiger partial charge on any atom is -0.312 e. The first-order valence-corrected chi connectivity index (χ1v) is 7.49. The molecule has 1 N–H and O–H groups in total. The van der Waals surface area contributed by atoms with Crippen LogP contribution in [0.5, 0.6) is 0 Å². The van der Waals surface area contributed by atoms with Gasteiger partial charge in [-0.05, 0) is 52.2 Å². The van der Waals surface area contributed by atoms with Crippen LogP contribution in [0.1, 0.15) is 38.2 Å². The Hall–Kier alpha value is -0.940. The Morgan fingerprint density at radius 3 is 2.79 bits per heavy atom. The molecule has 0 amide bonds. The lowest BCUT2D eigenvalue weighted by Gasteiger charge is -2.14. The van der Waals surface area contributed by atoms with Gasteiger partial charge < -0.3 is 5.32 Å². The molecule has 0 unspecified atom stereocenters. The molecule has 0 aromatic heterocycles. The first-order valence-electron chi connectivity index (χ1n) is 6.70. The monoisotopic (exact) mass is 326 g/mol. The zero-order valence-electron chi connectivity index (χ0n) is 11.1. The lowest BCUT2D eigenvalue weighted by atomic mass is 10.0. The number of nitro groups is 1. The molecular formula is C14H19BrN2O2. The first-order chi connectivity index (χ1) is 9.06. The molecule has 0 radical (unpaired) electrons. The van der Waals surface area contributed by atoms with Crippen molar-refractivity contribution in [3.05, 3.63) is 38.3 Å². The van der Waals surface area contributed by atoms with E-state index >= 15 is 0 Å². The number of hydrogen-bond acceptors (Lipinski definition) is 3. The predicted octanol–water partition coefficient (Wildman–Crippen LogP) is 4.03. The molecule has 0 saturated heterocycles. The zero-order valence-corrected chi connectivity index (χ0v) is 12.7. The number of nitro benzene ring substituents is 1. The Morgan fingerprint density at radius 1 is 1.47 bits per heavy atom. The molecule has 0 heterocycles. The number of rotatable bonds is 7. The number of nitrogens with zero attached hydrogens (tertiary/aromatic N) is 1. The standard InChI is InChI=1S/C14H19BrN2O2/c1-2-5-14(6-7-14)10-16-9-11-3-4-12(15)13(8-11)17(18)19/h3-4,8,16H,2,5-7,9-10H2,1H3. The highest BCUT2D eigenvalue weighted by Crippen LogP contribution is 2.48. The highest BCUT2D eigenvalue weighted by Gasteiger charge is 2.40. The highest BCUT2D eigenvalue weighted by molar-refractivity contribution is 9.10. The second kappa shape index (κ2) is 6.01. The molecule has 1 aromatic rings. The summed E-state index contributed by atoms with van der Waals surface area (Å²) < 4.78 is 0.533. The van der Waals surface area contributed by atoms with Gasteiger partial charge in [-0.25, -0.2) is 0 Å². The predicted molar refractivity (Wildman–Crippen MR) is 79.1 cm³/mol. The van der Waals surface area contributed by atoms with E-state index in [2.05, 4.69) is 28.2 Å². The summed E-state index contributed by atoms with van der Waals surface area (Å²) in [7, 11) is 0. The van der Waals surface area contributed by atoms with Crippen molar-refractivity contribution < 1.29 is 4.92 Å². The van der Waals surface area contributed by atoms with Crippen LogP contribution in [0.15, 0.2) is 22.7 Å². The Bertz CT molecular complexity index is 473. The Morgan fingerprint density at radius 2 is 2.21 bits per heavy atom. The number of hydrogen-bond donors (Lipinski definition) is 1. The highest BCUT2D eigenvalue weighted by atomic mass is 79.9. The van der Waals surface area contributed by atoms with E-state index < -0.39 is 0 Å². The molecule has 0 aliphatic heterocycles. The van der Waals surface area contributed by atoms with Crippen LogP contribution in [-0.2, 0) is 6.54 Å². The average Bonchev–Trinajstić information content (AvgIpc) is 3.11. The van der Waals surface area contributed by atoms with E-state index in [-0.39, 0.29) is 10.6 Å². The molecule has 19 heavy (non-hydrogen) atoms. The maximum absolute atomic E-state index is 10.9. The number of benzene rings is 1. The van der Waals surface area contributed by atoms with E-state index in [4.69, 9.17) is 0 Å². The second-order valence-corrected chi connectivity index (χ2v) is 6.25. The third kappa shape index (κ3) is 3.76. The third-order valence-corrected chi connectivity index (χ3v) is 4.44. The molecule has 5 heteroatoms. The van der Waals surface area contributed by atoms with Crippen molar-refractivity contribution in [2.75, 3.05) is 6.54 Å². The molecule has 0 atom stereocenters. The summed E-state index contributed by atoms with van der Waals surface area (Å²) in [6, 6.07) is 5.30. The van der Waals surface area contributed by atoms with E-state index in [0.29, 0.717) is 16.4 Å². The van der Waals surface area contributed by atoms with Gasteiger partial charge in [-0.3, -0.25) is 10.1 Å². The van der Waals surface area contributed by atoms with Gasteiger partial charge >= 0.3 is 0 Å². The van der Waals surface area contributed by atoms with Crippen LogP contribution in [0.4, 0.5) is 5.69 Å². The zero-order chi connectivity index (χ0) is 13.9. The lowest BCUT2D eigenvalue weighted by Crippen LogP contribution is -2.23. The third-order valence-electron chi connectivity index (χ3n) is 3.77. The fraction of sp³-hybridized carbons (Fsp3) is 0.571. The van der Waals surface area contributed by atoms with Gasteiger partial charge in [0.2, 0.25) is 0 Å². The number of halogens is 1. The quantitative estimate of drug-likeness (QED) is 0.608. The second-order valence-electron chi connectivity index (χ2n) is 5.40. The summed E-state index contributed by atoms with van der Waals surface area (Å²) >= 11 is 3.20. The summed E-state index contributed by atoms with van der Waals surface area (Å²) in [6.45, 7) is 3.93. The lowest BCUT2D eigenvalue weighted by molar-refractivity contribution is -0.385. The minimum atomic E-state index is -0.354. The van der Waals surface area contributed by atoms with Crippen molar-refractivity contribution in [3.63, 3.8) is 0 Å². The molecule has 1 saturated carbocycles. The maximum Gasteiger partial charge on any atom is 0.283 e.